The number of carbonyl (C=O) groups excluding carboxylic acids is 1. The molecular formula is C21H20ClN5O2S. The van der Waals surface area contributed by atoms with Crippen LogP contribution in [0, 0.1) is 6.92 Å². The average Bonchev–Trinajstić information content (AvgIpc) is 3.32. The highest BCUT2D eigenvalue weighted by atomic mass is 35.5. The number of pyridine rings is 1. The van der Waals surface area contributed by atoms with E-state index < -0.39 is 0 Å². The molecule has 0 radical (unpaired) electrons. The largest absolute Gasteiger partial charge is 0.383 e. The van der Waals surface area contributed by atoms with Crippen molar-refractivity contribution in [3.05, 3.63) is 63.6 Å². The van der Waals surface area contributed by atoms with E-state index in [1.54, 1.807) is 24.2 Å². The van der Waals surface area contributed by atoms with Crippen molar-refractivity contribution < 1.29 is 9.53 Å². The molecule has 30 heavy (non-hydrogen) atoms. The van der Waals surface area contributed by atoms with Gasteiger partial charge in [-0.05, 0) is 31.2 Å². The Bertz CT molecular complexity index is 1200. The summed E-state index contributed by atoms with van der Waals surface area (Å²) in [7, 11) is 1.60. The van der Waals surface area contributed by atoms with Crippen LogP contribution in [0.25, 0.3) is 16.6 Å². The highest BCUT2D eigenvalue weighted by molar-refractivity contribution is 7.14. The SMILES string of the molecule is COCCNC(=O)c1cc(-n2ncc3cc(Nc4ccccc4Cl)ncc32)c(C)s1. The fourth-order valence-electron chi connectivity index (χ4n) is 3.04. The molecule has 0 aliphatic carbocycles. The molecule has 9 heteroatoms. The Labute approximate surface area is 182 Å². The second-order valence-corrected chi connectivity index (χ2v) is 8.25. The first-order chi connectivity index (χ1) is 14.6. The number of hydrogen-bond acceptors (Lipinski definition) is 6. The van der Waals surface area contributed by atoms with Crippen LogP contribution in [0.4, 0.5) is 11.5 Å². The van der Waals surface area contributed by atoms with Crippen LogP contribution in [0.3, 0.4) is 0 Å². The normalized spacial score (nSPS) is 11.0. The average molecular weight is 442 g/mol. The van der Waals surface area contributed by atoms with E-state index in [1.807, 2.05) is 43.3 Å². The minimum Gasteiger partial charge on any atom is -0.383 e. The van der Waals surface area contributed by atoms with E-state index in [-0.39, 0.29) is 5.91 Å². The molecule has 0 bridgehead atoms. The van der Waals surface area contributed by atoms with Crippen LogP contribution < -0.4 is 10.6 Å². The monoisotopic (exact) mass is 441 g/mol. The summed E-state index contributed by atoms with van der Waals surface area (Å²) in [5, 5.41) is 12.1. The first-order valence-corrected chi connectivity index (χ1v) is 10.5. The molecule has 1 amide bonds. The molecule has 3 heterocycles. The lowest BCUT2D eigenvalue weighted by molar-refractivity contribution is 0.0941. The zero-order valence-corrected chi connectivity index (χ0v) is 18.0. The molecule has 1 aromatic carbocycles. The lowest BCUT2D eigenvalue weighted by Crippen LogP contribution is -2.26. The van der Waals surface area contributed by atoms with Crippen molar-refractivity contribution in [3.63, 3.8) is 0 Å². The summed E-state index contributed by atoms with van der Waals surface area (Å²) in [4.78, 5) is 18.5. The van der Waals surface area contributed by atoms with Gasteiger partial charge >= 0.3 is 0 Å². The van der Waals surface area contributed by atoms with Gasteiger partial charge in [0.15, 0.2) is 0 Å². The zero-order valence-electron chi connectivity index (χ0n) is 16.5. The third-order valence-corrected chi connectivity index (χ3v) is 5.89. The Morgan fingerprint density at radius 1 is 1.27 bits per heavy atom. The number of carbonyl (C=O) groups is 1. The smallest absolute Gasteiger partial charge is 0.261 e. The number of anilines is 2. The predicted molar refractivity (Wildman–Crippen MR) is 120 cm³/mol. The molecule has 0 spiro atoms. The second-order valence-electron chi connectivity index (χ2n) is 6.59. The van der Waals surface area contributed by atoms with Crippen molar-refractivity contribution in [2.45, 2.75) is 6.92 Å². The summed E-state index contributed by atoms with van der Waals surface area (Å²) in [5.41, 5.74) is 2.50. The maximum atomic E-state index is 12.3. The summed E-state index contributed by atoms with van der Waals surface area (Å²) in [6.07, 6.45) is 3.54. The summed E-state index contributed by atoms with van der Waals surface area (Å²) < 4.78 is 6.78. The summed E-state index contributed by atoms with van der Waals surface area (Å²) >= 11 is 7.65. The number of methoxy groups -OCH3 is 1. The van der Waals surface area contributed by atoms with E-state index in [1.165, 1.54) is 11.3 Å². The molecule has 0 saturated carbocycles. The highest BCUT2D eigenvalue weighted by Crippen LogP contribution is 2.29. The van der Waals surface area contributed by atoms with Crippen molar-refractivity contribution in [2.24, 2.45) is 0 Å². The molecule has 154 valence electrons. The van der Waals surface area contributed by atoms with Crippen molar-refractivity contribution >= 4 is 51.3 Å². The van der Waals surface area contributed by atoms with Crippen molar-refractivity contribution in [1.29, 1.82) is 0 Å². The van der Waals surface area contributed by atoms with Crippen LogP contribution in [0.1, 0.15) is 14.5 Å². The maximum Gasteiger partial charge on any atom is 0.261 e. The van der Waals surface area contributed by atoms with Gasteiger partial charge in [-0.25, -0.2) is 9.67 Å². The predicted octanol–water partition coefficient (Wildman–Crippen LogP) is 4.56. The molecule has 4 rings (SSSR count). The Hall–Kier alpha value is -2.94. The van der Waals surface area contributed by atoms with Crippen LogP contribution in [-0.2, 0) is 4.74 Å². The molecule has 0 atom stereocenters. The number of benzene rings is 1. The highest BCUT2D eigenvalue weighted by Gasteiger charge is 2.16. The van der Waals surface area contributed by atoms with Gasteiger partial charge in [0, 0.05) is 23.9 Å². The summed E-state index contributed by atoms with van der Waals surface area (Å²) in [5.74, 6) is 0.558. The van der Waals surface area contributed by atoms with Crippen molar-refractivity contribution in [3.8, 4) is 5.69 Å². The van der Waals surface area contributed by atoms with Crippen molar-refractivity contribution in [1.82, 2.24) is 20.1 Å². The molecule has 0 aliphatic heterocycles. The van der Waals surface area contributed by atoms with Crippen LogP contribution in [0.2, 0.25) is 5.02 Å². The number of amides is 1. The number of aromatic nitrogens is 3. The van der Waals surface area contributed by atoms with Crippen LogP contribution in [0.5, 0.6) is 0 Å². The first kappa shape index (κ1) is 20.3. The van der Waals surface area contributed by atoms with E-state index >= 15 is 0 Å². The number of rotatable bonds is 7. The Morgan fingerprint density at radius 2 is 2.10 bits per heavy atom. The molecule has 3 aromatic heterocycles. The van der Waals surface area contributed by atoms with E-state index in [0.29, 0.717) is 28.9 Å². The molecule has 0 fully saturated rings. The molecule has 0 unspecified atom stereocenters. The number of fused-ring (bicyclic) bond motifs is 1. The van der Waals surface area contributed by atoms with Gasteiger partial charge in [0.1, 0.15) is 5.82 Å². The second kappa shape index (κ2) is 8.83. The third kappa shape index (κ3) is 4.16. The Balaban J connectivity index is 1.60. The van der Waals surface area contributed by atoms with Crippen molar-refractivity contribution in [2.75, 3.05) is 25.6 Å². The lowest BCUT2D eigenvalue weighted by Gasteiger charge is -2.08. The number of nitrogens with zero attached hydrogens (tertiary/aromatic N) is 3. The number of ether oxygens (including phenoxy) is 1. The molecular weight excluding hydrogens is 422 g/mol. The lowest BCUT2D eigenvalue weighted by atomic mass is 10.3. The third-order valence-electron chi connectivity index (χ3n) is 4.53. The van der Waals surface area contributed by atoms with Crippen LogP contribution >= 0.6 is 22.9 Å². The van der Waals surface area contributed by atoms with Crippen LogP contribution in [-0.4, -0.2) is 40.9 Å². The quantitative estimate of drug-likeness (QED) is 0.411. The fourth-order valence-corrected chi connectivity index (χ4v) is 4.13. The van der Waals surface area contributed by atoms with Crippen LogP contribution in [0.15, 0.2) is 48.8 Å². The topological polar surface area (TPSA) is 81.1 Å². The number of thiophene rings is 1. The summed E-state index contributed by atoms with van der Waals surface area (Å²) in [6.45, 7) is 2.92. The van der Waals surface area contributed by atoms with Gasteiger partial charge in [-0.15, -0.1) is 11.3 Å². The number of hydrogen-bond donors (Lipinski definition) is 2. The van der Waals surface area contributed by atoms with E-state index in [2.05, 4.69) is 20.7 Å². The van der Waals surface area contributed by atoms with Gasteiger partial charge in [-0.1, -0.05) is 23.7 Å². The molecule has 7 nitrogen and oxygen atoms in total. The Morgan fingerprint density at radius 3 is 2.90 bits per heavy atom. The zero-order chi connectivity index (χ0) is 21.1. The Kier molecular flexibility index (Phi) is 5.98. The van der Waals surface area contributed by atoms with E-state index in [0.717, 1.165) is 27.2 Å². The fraction of sp³-hybridized carbons (Fsp3) is 0.190. The van der Waals surface area contributed by atoms with E-state index in [9.17, 15) is 4.79 Å². The maximum absolute atomic E-state index is 12.3. The van der Waals surface area contributed by atoms with Gasteiger partial charge in [-0.2, -0.15) is 5.10 Å². The molecule has 0 aliphatic rings. The number of halogens is 1. The van der Waals surface area contributed by atoms with E-state index in [4.69, 9.17) is 16.3 Å². The molecule has 2 N–H and O–H groups in total. The van der Waals surface area contributed by atoms with Gasteiger partial charge in [0.05, 0.1) is 45.8 Å². The minimum atomic E-state index is -0.118. The number of nitrogens with one attached hydrogen (secondary N) is 2. The molecule has 4 aromatic rings. The molecule has 0 saturated heterocycles. The summed E-state index contributed by atoms with van der Waals surface area (Å²) in [6, 6.07) is 11.3. The van der Waals surface area contributed by atoms with Gasteiger partial charge < -0.3 is 15.4 Å². The van der Waals surface area contributed by atoms with Gasteiger partial charge in [0.25, 0.3) is 5.91 Å². The minimum absolute atomic E-state index is 0.118. The first-order valence-electron chi connectivity index (χ1n) is 9.30. The van der Waals surface area contributed by atoms with Gasteiger partial charge in [-0.3, -0.25) is 4.79 Å². The number of para-hydroxylation sites is 1. The van der Waals surface area contributed by atoms with Gasteiger partial charge in [0.2, 0.25) is 0 Å². The standard InChI is InChI=1S/C21H20ClN5O2S/c1-13-17(10-19(30-13)21(28)23-7-8-29-2)27-18-12-24-20(9-14(18)11-25-27)26-16-6-4-3-5-15(16)22/h3-6,9-12H,7-8H2,1-2H3,(H,23,28)(H,24,26). The number of aryl methyl sites for hydroxylation is 1.